The minimum atomic E-state index is 0.162. The van der Waals surface area contributed by atoms with Gasteiger partial charge >= 0.3 is 6.03 Å². The van der Waals surface area contributed by atoms with Crippen molar-refractivity contribution in [1.29, 1.82) is 0 Å². The fourth-order valence-electron chi connectivity index (χ4n) is 1.84. The zero-order chi connectivity index (χ0) is 9.84. The number of hydrogen-bond acceptors (Lipinski definition) is 2. The molecule has 0 aromatic carbocycles. The van der Waals surface area contributed by atoms with Gasteiger partial charge in [0.1, 0.15) is 0 Å². The first-order chi connectivity index (χ1) is 6.19. The van der Waals surface area contributed by atoms with Crippen molar-refractivity contribution in [1.82, 2.24) is 15.1 Å². The lowest BCUT2D eigenvalue weighted by Crippen LogP contribution is -2.53. The average Bonchev–Trinajstić information content (AvgIpc) is 2.11. The number of amides is 2. The number of nitrogens with zero attached hydrogens (tertiary/aromatic N) is 2. The smallest absolute Gasteiger partial charge is 0.319 e. The van der Waals surface area contributed by atoms with Crippen molar-refractivity contribution in [3.63, 3.8) is 0 Å². The van der Waals surface area contributed by atoms with Gasteiger partial charge in [0.25, 0.3) is 0 Å². The summed E-state index contributed by atoms with van der Waals surface area (Å²) < 4.78 is 0. The van der Waals surface area contributed by atoms with Crippen molar-refractivity contribution in [2.24, 2.45) is 5.92 Å². The summed E-state index contributed by atoms with van der Waals surface area (Å²) in [7, 11) is 3.82. The number of hydrogen-bond donors (Lipinski definition) is 1. The van der Waals surface area contributed by atoms with Crippen LogP contribution in [-0.2, 0) is 0 Å². The molecular formula is C9H19N3O. The van der Waals surface area contributed by atoms with Gasteiger partial charge in [-0.2, -0.15) is 0 Å². The van der Waals surface area contributed by atoms with Crippen LogP contribution in [0.15, 0.2) is 0 Å². The predicted molar refractivity (Wildman–Crippen MR) is 52.7 cm³/mol. The highest BCUT2D eigenvalue weighted by atomic mass is 16.2. The van der Waals surface area contributed by atoms with Crippen molar-refractivity contribution in [3.8, 4) is 0 Å². The average molecular weight is 185 g/mol. The zero-order valence-electron chi connectivity index (χ0n) is 8.71. The van der Waals surface area contributed by atoms with Gasteiger partial charge in [0.05, 0.1) is 0 Å². The van der Waals surface area contributed by atoms with E-state index < -0.39 is 0 Å². The van der Waals surface area contributed by atoms with Crippen LogP contribution in [0, 0.1) is 5.92 Å². The molecule has 1 aliphatic rings. The molecule has 1 heterocycles. The molecule has 1 unspecified atom stereocenters. The van der Waals surface area contributed by atoms with Crippen LogP contribution in [0.5, 0.6) is 0 Å². The van der Waals surface area contributed by atoms with Crippen molar-refractivity contribution >= 4 is 6.03 Å². The van der Waals surface area contributed by atoms with Gasteiger partial charge in [-0.15, -0.1) is 0 Å². The summed E-state index contributed by atoms with van der Waals surface area (Å²) in [6, 6.07) is 0.162. The normalized spacial score (nSPS) is 23.9. The van der Waals surface area contributed by atoms with Crippen LogP contribution < -0.4 is 5.32 Å². The van der Waals surface area contributed by atoms with Gasteiger partial charge in [-0.1, -0.05) is 0 Å². The lowest BCUT2D eigenvalue weighted by atomic mass is 10.1. The van der Waals surface area contributed by atoms with Crippen LogP contribution in [0.3, 0.4) is 0 Å². The maximum atomic E-state index is 11.5. The van der Waals surface area contributed by atoms with Crippen molar-refractivity contribution < 1.29 is 4.79 Å². The molecular weight excluding hydrogens is 166 g/mol. The minimum absolute atomic E-state index is 0.162. The molecule has 0 saturated carbocycles. The van der Waals surface area contributed by atoms with Crippen molar-refractivity contribution in [2.75, 3.05) is 40.3 Å². The van der Waals surface area contributed by atoms with Crippen LogP contribution >= 0.6 is 0 Å². The SMILES string of the molecule is CCN1CC(CNC)CN(C)C1=O. The van der Waals surface area contributed by atoms with E-state index in [1.54, 1.807) is 4.90 Å². The molecule has 1 N–H and O–H groups in total. The molecule has 0 bridgehead atoms. The van der Waals surface area contributed by atoms with E-state index in [-0.39, 0.29) is 6.03 Å². The highest BCUT2D eigenvalue weighted by Gasteiger charge is 2.27. The number of nitrogens with one attached hydrogen (secondary N) is 1. The van der Waals surface area contributed by atoms with Gasteiger partial charge in [-0.05, 0) is 14.0 Å². The van der Waals surface area contributed by atoms with E-state index in [1.165, 1.54) is 0 Å². The highest BCUT2D eigenvalue weighted by molar-refractivity contribution is 5.74. The maximum Gasteiger partial charge on any atom is 0.319 e. The lowest BCUT2D eigenvalue weighted by Gasteiger charge is -2.37. The highest BCUT2D eigenvalue weighted by Crippen LogP contribution is 2.11. The van der Waals surface area contributed by atoms with E-state index in [9.17, 15) is 4.79 Å². The second-order valence-corrected chi connectivity index (χ2v) is 3.63. The Morgan fingerprint density at radius 3 is 2.77 bits per heavy atom. The summed E-state index contributed by atoms with van der Waals surface area (Å²) in [6.07, 6.45) is 0. The molecule has 1 rings (SSSR count). The first-order valence-electron chi connectivity index (χ1n) is 4.83. The van der Waals surface area contributed by atoms with Gasteiger partial charge in [-0.3, -0.25) is 0 Å². The van der Waals surface area contributed by atoms with Gasteiger partial charge in [0.2, 0.25) is 0 Å². The summed E-state index contributed by atoms with van der Waals surface area (Å²) in [4.78, 5) is 15.2. The third-order valence-corrected chi connectivity index (χ3v) is 2.48. The lowest BCUT2D eigenvalue weighted by molar-refractivity contribution is 0.118. The molecule has 76 valence electrons. The zero-order valence-corrected chi connectivity index (χ0v) is 8.71. The van der Waals surface area contributed by atoms with E-state index in [4.69, 9.17) is 0 Å². The summed E-state index contributed by atoms with van der Waals surface area (Å²) in [5, 5.41) is 3.15. The Hall–Kier alpha value is -0.770. The molecule has 4 heteroatoms. The number of carbonyl (C=O) groups excluding carboxylic acids is 1. The summed E-state index contributed by atoms with van der Waals surface area (Å²) in [5.41, 5.74) is 0. The second-order valence-electron chi connectivity index (χ2n) is 3.63. The van der Waals surface area contributed by atoms with E-state index in [0.717, 1.165) is 26.2 Å². The molecule has 0 aliphatic carbocycles. The summed E-state index contributed by atoms with van der Waals surface area (Å²) in [6.45, 7) is 5.57. The molecule has 13 heavy (non-hydrogen) atoms. The van der Waals surface area contributed by atoms with E-state index >= 15 is 0 Å². The molecule has 1 atom stereocenters. The molecule has 1 fully saturated rings. The van der Waals surface area contributed by atoms with Gasteiger partial charge in [-0.25, -0.2) is 4.79 Å². The van der Waals surface area contributed by atoms with Gasteiger partial charge < -0.3 is 15.1 Å². The Labute approximate surface area is 79.9 Å². The molecule has 0 spiro atoms. The Morgan fingerprint density at radius 2 is 2.23 bits per heavy atom. The van der Waals surface area contributed by atoms with Gasteiger partial charge in [0.15, 0.2) is 0 Å². The van der Waals surface area contributed by atoms with E-state index in [0.29, 0.717) is 5.92 Å². The van der Waals surface area contributed by atoms with E-state index in [2.05, 4.69) is 5.32 Å². The van der Waals surface area contributed by atoms with Crippen LogP contribution in [0.1, 0.15) is 6.92 Å². The van der Waals surface area contributed by atoms with Crippen LogP contribution in [0.25, 0.3) is 0 Å². The van der Waals surface area contributed by atoms with E-state index in [1.807, 2.05) is 25.9 Å². The topological polar surface area (TPSA) is 35.6 Å². The maximum absolute atomic E-state index is 11.5. The van der Waals surface area contributed by atoms with Gasteiger partial charge in [0, 0.05) is 39.1 Å². The Morgan fingerprint density at radius 1 is 1.54 bits per heavy atom. The van der Waals surface area contributed by atoms with Crippen LogP contribution in [0.2, 0.25) is 0 Å². The molecule has 0 aromatic heterocycles. The van der Waals surface area contributed by atoms with Crippen molar-refractivity contribution in [2.45, 2.75) is 6.92 Å². The summed E-state index contributed by atoms with van der Waals surface area (Å²) >= 11 is 0. The third kappa shape index (κ3) is 2.34. The standard InChI is InChI=1S/C9H19N3O/c1-4-12-7-8(5-10-2)6-11(3)9(12)13/h8,10H,4-7H2,1-3H3. The first kappa shape index (κ1) is 10.3. The molecule has 1 aliphatic heterocycles. The summed E-state index contributed by atoms with van der Waals surface area (Å²) in [5.74, 6) is 0.563. The van der Waals surface area contributed by atoms with Crippen LogP contribution in [-0.4, -0.2) is 56.1 Å². The molecule has 4 nitrogen and oxygen atoms in total. The quantitative estimate of drug-likeness (QED) is 0.682. The Kier molecular flexibility index (Phi) is 3.54. The molecule has 0 aromatic rings. The minimum Gasteiger partial charge on any atom is -0.327 e. The number of carbonyl (C=O) groups is 1. The van der Waals surface area contributed by atoms with Crippen LogP contribution in [0.4, 0.5) is 4.79 Å². The Bertz CT molecular complexity index is 184. The number of rotatable bonds is 3. The monoisotopic (exact) mass is 185 g/mol. The third-order valence-electron chi connectivity index (χ3n) is 2.48. The largest absolute Gasteiger partial charge is 0.327 e. The molecule has 0 radical (unpaired) electrons. The fraction of sp³-hybridized carbons (Fsp3) is 0.889. The fourth-order valence-corrected chi connectivity index (χ4v) is 1.84. The number of urea groups is 1. The Balaban J connectivity index is 2.52. The predicted octanol–water partition coefficient (Wildman–Crippen LogP) is 0.209. The first-order valence-corrected chi connectivity index (χ1v) is 4.83. The second kappa shape index (κ2) is 4.46. The molecule has 1 saturated heterocycles. The van der Waals surface area contributed by atoms with Crippen molar-refractivity contribution in [3.05, 3.63) is 0 Å². The molecule has 2 amide bonds.